The minimum atomic E-state index is -4.52. The summed E-state index contributed by atoms with van der Waals surface area (Å²) in [5.41, 5.74) is 1.76. The number of anilines is 1. The fourth-order valence-electron chi connectivity index (χ4n) is 8.01. The molecule has 272 valence electrons. The number of amides is 5. The van der Waals surface area contributed by atoms with Crippen molar-refractivity contribution in [3.05, 3.63) is 64.7 Å². The number of piperazine rings is 1. The van der Waals surface area contributed by atoms with Crippen LogP contribution >= 0.6 is 0 Å². The van der Waals surface area contributed by atoms with Crippen molar-refractivity contribution >= 4 is 23.7 Å². The number of carbonyl (C=O) groups is 3. The van der Waals surface area contributed by atoms with E-state index >= 15 is 0 Å². The molecule has 0 bridgehead atoms. The molecule has 3 saturated heterocycles. The van der Waals surface area contributed by atoms with E-state index in [0.717, 1.165) is 62.8 Å². The molecule has 50 heavy (non-hydrogen) atoms. The Morgan fingerprint density at radius 2 is 1.56 bits per heavy atom. The van der Waals surface area contributed by atoms with Crippen LogP contribution in [0.3, 0.4) is 0 Å². The Morgan fingerprint density at radius 1 is 0.880 bits per heavy atom. The van der Waals surface area contributed by atoms with Crippen LogP contribution in [0.15, 0.2) is 42.5 Å². The van der Waals surface area contributed by atoms with Crippen LogP contribution < -0.4 is 10.6 Å². The summed E-state index contributed by atoms with van der Waals surface area (Å²) in [5.74, 6) is -0.273. The van der Waals surface area contributed by atoms with E-state index in [1.54, 1.807) is 22.8 Å². The molecule has 1 atom stereocenters. The topological polar surface area (TPSA) is 91.5 Å². The zero-order chi connectivity index (χ0) is 35.4. The quantitative estimate of drug-likeness (QED) is 0.439. The Bertz CT molecular complexity index is 1510. The van der Waals surface area contributed by atoms with Crippen molar-refractivity contribution in [2.75, 3.05) is 71.3 Å². The SMILES string of the molecule is CCc1ccc(C[C@@H](NC(=O)N2CCC(N3CCc4ccccc4NC3=O)CC2)C(=O)N2CCN(C3CCN(C)CC3)CC2)cc1C(F)(F)F. The Morgan fingerprint density at radius 3 is 2.24 bits per heavy atom. The summed E-state index contributed by atoms with van der Waals surface area (Å²) in [4.78, 5) is 50.9. The third-order valence-electron chi connectivity index (χ3n) is 11.1. The van der Waals surface area contributed by atoms with Gasteiger partial charge >= 0.3 is 18.2 Å². The van der Waals surface area contributed by atoms with Gasteiger partial charge in [0, 0.05) is 70.0 Å². The van der Waals surface area contributed by atoms with Gasteiger partial charge in [0.1, 0.15) is 6.04 Å². The molecule has 2 aromatic rings. The second-order valence-electron chi connectivity index (χ2n) is 14.2. The van der Waals surface area contributed by atoms with Crippen LogP contribution in [0, 0.1) is 0 Å². The molecule has 3 fully saturated rings. The number of nitrogens with zero attached hydrogens (tertiary/aromatic N) is 5. The molecule has 2 aromatic carbocycles. The van der Waals surface area contributed by atoms with Gasteiger partial charge < -0.3 is 30.2 Å². The summed E-state index contributed by atoms with van der Waals surface area (Å²) < 4.78 is 41.9. The Hall–Kier alpha value is -3.84. The van der Waals surface area contributed by atoms with Crippen LogP contribution in [0.25, 0.3) is 0 Å². The van der Waals surface area contributed by atoms with E-state index in [1.165, 1.54) is 6.07 Å². The largest absolute Gasteiger partial charge is 0.416 e. The number of halogens is 3. The highest BCUT2D eigenvalue weighted by atomic mass is 19.4. The van der Waals surface area contributed by atoms with Gasteiger partial charge in [-0.15, -0.1) is 0 Å². The van der Waals surface area contributed by atoms with Crippen LogP contribution in [0.2, 0.25) is 0 Å². The second kappa shape index (κ2) is 15.6. The summed E-state index contributed by atoms with van der Waals surface area (Å²) >= 11 is 0. The van der Waals surface area contributed by atoms with E-state index in [-0.39, 0.29) is 36.4 Å². The normalized spacial score (nSPS) is 21.0. The number of benzene rings is 2. The minimum absolute atomic E-state index is 0.0375. The van der Waals surface area contributed by atoms with Gasteiger partial charge in [0.05, 0.1) is 5.56 Å². The van der Waals surface area contributed by atoms with Crippen LogP contribution in [0.5, 0.6) is 0 Å². The van der Waals surface area contributed by atoms with Crippen LogP contribution in [-0.4, -0.2) is 127 Å². The number of hydrogen-bond donors (Lipinski definition) is 2. The predicted octanol–water partition coefficient (Wildman–Crippen LogP) is 4.68. The molecule has 0 aliphatic carbocycles. The first kappa shape index (κ1) is 36.0. The second-order valence-corrected chi connectivity index (χ2v) is 14.2. The predicted molar refractivity (Wildman–Crippen MR) is 186 cm³/mol. The smallest absolute Gasteiger partial charge is 0.338 e. The third-order valence-corrected chi connectivity index (χ3v) is 11.1. The number of likely N-dealkylation sites (tertiary alicyclic amines) is 2. The van der Waals surface area contributed by atoms with Crippen molar-refractivity contribution in [3.63, 3.8) is 0 Å². The molecule has 6 rings (SSSR count). The third kappa shape index (κ3) is 8.37. The van der Waals surface area contributed by atoms with Gasteiger partial charge in [-0.2, -0.15) is 13.2 Å². The number of carbonyl (C=O) groups excluding carboxylic acids is 3. The first-order valence-corrected chi connectivity index (χ1v) is 18.1. The Kier molecular flexibility index (Phi) is 11.2. The standard InChI is InChI=1S/C37H50F3N7O3/c1-3-27-9-8-26(24-31(27)37(38,39)40)25-33(34(48)45-22-20-44(21-23-45)29-11-15-43(2)16-12-29)42-35(49)46-17-13-30(14-18-46)47-19-10-28-6-4-5-7-32(28)41-36(47)50/h4-9,24,29-30,33H,3,10-23,25H2,1-2H3,(H,41,50)(H,42,49)/t33-/m1/s1. The van der Waals surface area contributed by atoms with Crippen molar-refractivity contribution in [1.29, 1.82) is 0 Å². The zero-order valence-electron chi connectivity index (χ0n) is 29.2. The van der Waals surface area contributed by atoms with Crippen LogP contribution in [0.4, 0.5) is 28.4 Å². The highest BCUT2D eigenvalue weighted by Gasteiger charge is 2.37. The first-order chi connectivity index (χ1) is 24.0. The van der Waals surface area contributed by atoms with Gasteiger partial charge in [-0.3, -0.25) is 9.69 Å². The summed E-state index contributed by atoms with van der Waals surface area (Å²) in [6.45, 7) is 7.62. The molecular weight excluding hydrogens is 647 g/mol. The average Bonchev–Trinajstić information content (AvgIpc) is 3.29. The number of rotatable bonds is 7. The van der Waals surface area contributed by atoms with Gasteiger partial charge in [0.2, 0.25) is 5.91 Å². The average molecular weight is 698 g/mol. The highest BCUT2D eigenvalue weighted by Crippen LogP contribution is 2.33. The van der Waals surface area contributed by atoms with Crippen molar-refractivity contribution < 1.29 is 27.6 Å². The number of piperidine rings is 2. The maximum Gasteiger partial charge on any atom is 0.416 e. The van der Waals surface area contributed by atoms with Gasteiger partial charge in [-0.05, 0) is 87.5 Å². The van der Waals surface area contributed by atoms with Gasteiger partial charge in [-0.25, -0.2) is 9.59 Å². The van der Waals surface area contributed by atoms with Crippen LogP contribution in [0.1, 0.15) is 54.9 Å². The number of aryl methyl sites for hydroxylation is 1. The molecule has 13 heteroatoms. The van der Waals surface area contributed by atoms with E-state index in [4.69, 9.17) is 0 Å². The summed E-state index contributed by atoms with van der Waals surface area (Å²) in [7, 11) is 2.13. The molecule has 0 radical (unpaired) electrons. The Balaban J connectivity index is 1.11. The number of urea groups is 2. The van der Waals surface area contributed by atoms with Crippen molar-refractivity contribution in [2.24, 2.45) is 0 Å². The molecule has 10 nitrogen and oxygen atoms in total. The fraction of sp³-hybridized carbons (Fsp3) is 0.595. The van der Waals surface area contributed by atoms with E-state index in [0.29, 0.717) is 57.2 Å². The Labute approximate surface area is 292 Å². The summed E-state index contributed by atoms with van der Waals surface area (Å²) in [5, 5.41) is 5.94. The maximum atomic E-state index is 14.1. The zero-order valence-corrected chi connectivity index (χ0v) is 29.2. The van der Waals surface area contributed by atoms with Gasteiger partial charge in [0.25, 0.3) is 0 Å². The van der Waals surface area contributed by atoms with Crippen molar-refractivity contribution in [3.8, 4) is 0 Å². The monoisotopic (exact) mass is 697 g/mol. The minimum Gasteiger partial charge on any atom is -0.338 e. The van der Waals surface area contributed by atoms with E-state index in [9.17, 15) is 27.6 Å². The number of hydrogen-bond acceptors (Lipinski definition) is 5. The molecule has 0 aromatic heterocycles. The highest BCUT2D eigenvalue weighted by molar-refractivity contribution is 5.91. The first-order valence-electron chi connectivity index (χ1n) is 18.1. The fourth-order valence-corrected chi connectivity index (χ4v) is 8.01. The van der Waals surface area contributed by atoms with E-state index < -0.39 is 23.8 Å². The lowest BCUT2D eigenvalue weighted by Crippen LogP contribution is -2.59. The molecule has 4 heterocycles. The maximum absolute atomic E-state index is 14.1. The number of nitrogens with one attached hydrogen (secondary N) is 2. The number of alkyl halides is 3. The molecule has 4 aliphatic heterocycles. The molecular formula is C37H50F3N7O3. The molecule has 5 amide bonds. The van der Waals surface area contributed by atoms with Crippen molar-refractivity contribution in [2.45, 2.75) is 76.2 Å². The van der Waals surface area contributed by atoms with Gasteiger partial charge in [-0.1, -0.05) is 37.3 Å². The van der Waals surface area contributed by atoms with E-state index in [2.05, 4.69) is 27.5 Å². The lowest BCUT2D eigenvalue weighted by Gasteiger charge is -2.43. The number of fused-ring (bicyclic) bond motifs is 1. The van der Waals surface area contributed by atoms with Crippen molar-refractivity contribution in [1.82, 2.24) is 29.8 Å². The molecule has 4 aliphatic rings. The van der Waals surface area contributed by atoms with Crippen LogP contribution in [-0.2, 0) is 30.2 Å². The lowest BCUT2D eigenvalue weighted by atomic mass is 9.97. The lowest BCUT2D eigenvalue weighted by molar-refractivity contribution is -0.138. The van der Waals surface area contributed by atoms with Gasteiger partial charge in [0.15, 0.2) is 0 Å². The molecule has 0 spiro atoms. The molecule has 2 N–H and O–H groups in total. The molecule has 0 saturated carbocycles. The number of para-hydroxylation sites is 1. The summed E-state index contributed by atoms with van der Waals surface area (Å²) in [6, 6.07) is 10.9. The summed E-state index contributed by atoms with van der Waals surface area (Å²) in [6.07, 6.45) is -0.247. The van der Waals surface area contributed by atoms with E-state index in [1.807, 2.05) is 29.2 Å². The molecule has 0 unspecified atom stereocenters.